The minimum absolute atomic E-state index is 0. The quantitative estimate of drug-likeness (QED) is 0.750. The predicted octanol–water partition coefficient (Wildman–Crippen LogP) is 2.40. The maximum atomic E-state index is 12.3. The third kappa shape index (κ3) is 5.72. The summed E-state index contributed by atoms with van der Waals surface area (Å²) in [6, 6.07) is 7.79. The Morgan fingerprint density at radius 3 is 2.28 bits per heavy atom. The normalized spacial score (nSPS) is 18.4. The molecule has 1 aromatic carbocycles. The molecule has 1 aliphatic carbocycles. The zero-order valence-electron chi connectivity index (χ0n) is 14.6. The number of halogens is 1. The summed E-state index contributed by atoms with van der Waals surface area (Å²) in [5, 5.41) is 9.39. The molecule has 6 heteroatoms. The molecule has 0 aromatic heterocycles. The molecule has 1 aromatic rings. The highest BCUT2D eigenvalue weighted by molar-refractivity contribution is 5.94. The minimum atomic E-state index is -0.0107. The van der Waals surface area contributed by atoms with Crippen LogP contribution in [-0.2, 0) is 11.3 Å². The summed E-state index contributed by atoms with van der Waals surface area (Å²) in [7, 11) is 0. The SMILES string of the molecule is Cl.O=C(NC1CCNCC1)c1ccc(CNC(=O)C2CCCC2)cc1. The summed E-state index contributed by atoms with van der Waals surface area (Å²) in [6.45, 7) is 2.46. The van der Waals surface area contributed by atoms with Crippen molar-refractivity contribution in [1.82, 2.24) is 16.0 Å². The first kappa shape index (κ1) is 19.7. The van der Waals surface area contributed by atoms with Gasteiger partial charge < -0.3 is 16.0 Å². The minimum Gasteiger partial charge on any atom is -0.352 e. The van der Waals surface area contributed by atoms with Crippen LogP contribution in [0.4, 0.5) is 0 Å². The van der Waals surface area contributed by atoms with Crippen molar-refractivity contribution in [2.45, 2.75) is 51.1 Å². The van der Waals surface area contributed by atoms with E-state index in [1.165, 1.54) is 12.8 Å². The first-order chi connectivity index (χ1) is 11.7. The molecule has 0 spiro atoms. The van der Waals surface area contributed by atoms with E-state index in [9.17, 15) is 9.59 Å². The van der Waals surface area contributed by atoms with Crippen LogP contribution in [-0.4, -0.2) is 30.9 Å². The Bertz CT molecular complexity index is 565. The number of hydrogen-bond acceptors (Lipinski definition) is 3. The number of piperidine rings is 1. The molecule has 5 nitrogen and oxygen atoms in total. The Balaban J connectivity index is 0.00000225. The van der Waals surface area contributed by atoms with Crippen molar-refractivity contribution < 1.29 is 9.59 Å². The van der Waals surface area contributed by atoms with Gasteiger partial charge in [-0.15, -0.1) is 12.4 Å². The van der Waals surface area contributed by atoms with E-state index in [0.29, 0.717) is 12.1 Å². The van der Waals surface area contributed by atoms with E-state index in [0.717, 1.165) is 44.3 Å². The molecule has 2 fully saturated rings. The maximum absolute atomic E-state index is 12.3. The van der Waals surface area contributed by atoms with Gasteiger partial charge in [-0.1, -0.05) is 25.0 Å². The molecular formula is C19H28ClN3O2. The van der Waals surface area contributed by atoms with Crippen molar-refractivity contribution in [3.8, 4) is 0 Å². The van der Waals surface area contributed by atoms with Gasteiger partial charge >= 0.3 is 0 Å². The molecule has 0 atom stereocenters. The van der Waals surface area contributed by atoms with Crippen LogP contribution < -0.4 is 16.0 Å². The lowest BCUT2D eigenvalue weighted by molar-refractivity contribution is -0.124. The topological polar surface area (TPSA) is 70.2 Å². The molecule has 1 saturated carbocycles. The lowest BCUT2D eigenvalue weighted by Gasteiger charge is -2.23. The first-order valence-electron chi connectivity index (χ1n) is 9.10. The fourth-order valence-corrected chi connectivity index (χ4v) is 3.53. The van der Waals surface area contributed by atoms with E-state index in [2.05, 4.69) is 16.0 Å². The average molecular weight is 366 g/mol. The highest BCUT2D eigenvalue weighted by Gasteiger charge is 2.22. The molecule has 138 valence electrons. The molecule has 3 N–H and O–H groups in total. The molecule has 0 unspecified atom stereocenters. The van der Waals surface area contributed by atoms with Gasteiger partial charge in [0, 0.05) is 24.1 Å². The summed E-state index contributed by atoms with van der Waals surface area (Å²) in [4.78, 5) is 24.3. The van der Waals surface area contributed by atoms with Crippen LogP contribution in [0.5, 0.6) is 0 Å². The molecule has 1 aliphatic heterocycles. The van der Waals surface area contributed by atoms with Gasteiger partial charge in [0.05, 0.1) is 0 Å². The second-order valence-corrected chi connectivity index (χ2v) is 6.89. The van der Waals surface area contributed by atoms with E-state index in [1.54, 1.807) is 0 Å². The zero-order valence-corrected chi connectivity index (χ0v) is 15.4. The Morgan fingerprint density at radius 1 is 1.00 bits per heavy atom. The van der Waals surface area contributed by atoms with Gasteiger partial charge in [-0.05, 0) is 56.5 Å². The fourth-order valence-electron chi connectivity index (χ4n) is 3.53. The predicted molar refractivity (Wildman–Crippen MR) is 101 cm³/mol. The zero-order chi connectivity index (χ0) is 16.8. The monoisotopic (exact) mass is 365 g/mol. The van der Waals surface area contributed by atoms with Crippen molar-refractivity contribution in [3.05, 3.63) is 35.4 Å². The summed E-state index contributed by atoms with van der Waals surface area (Å²) in [6.07, 6.45) is 6.33. The Hall–Kier alpha value is -1.59. The van der Waals surface area contributed by atoms with Gasteiger partial charge in [-0.3, -0.25) is 9.59 Å². The van der Waals surface area contributed by atoms with Gasteiger partial charge in [-0.25, -0.2) is 0 Å². The van der Waals surface area contributed by atoms with Gasteiger partial charge in [0.1, 0.15) is 0 Å². The van der Waals surface area contributed by atoms with Gasteiger partial charge in [0.2, 0.25) is 5.91 Å². The van der Waals surface area contributed by atoms with Crippen molar-refractivity contribution in [2.75, 3.05) is 13.1 Å². The molecule has 0 radical (unpaired) electrons. The molecule has 0 bridgehead atoms. The fraction of sp³-hybridized carbons (Fsp3) is 0.579. The van der Waals surface area contributed by atoms with E-state index in [-0.39, 0.29) is 36.2 Å². The Morgan fingerprint density at radius 2 is 1.64 bits per heavy atom. The van der Waals surface area contributed by atoms with Crippen LogP contribution in [0, 0.1) is 5.92 Å². The largest absolute Gasteiger partial charge is 0.352 e. The van der Waals surface area contributed by atoms with Crippen molar-refractivity contribution in [1.29, 1.82) is 0 Å². The number of nitrogens with one attached hydrogen (secondary N) is 3. The molecule has 3 rings (SSSR count). The van der Waals surface area contributed by atoms with E-state index in [1.807, 2.05) is 24.3 Å². The number of rotatable bonds is 5. The smallest absolute Gasteiger partial charge is 0.251 e. The average Bonchev–Trinajstić information content (AvgIpc) is 3.16. The van der Waals surface area contributed by atoms with Crippen LogP contribution in [0.3, 0.4) is 0 Å². The third-order valence-electron chi connectivity index (χ3n) is 5.08. The third-order valence-corrected chi connectivity index (χ3v) is 5.08. The van der Waals surface area contributed by atoms with Gasteiger partial charge in [-0.2, -0.15) is 0 Å². The van der Waals surface area contributed by atoms with E-state index < -0.39 is 0 Å². The van der Waals surface area contributed by atoms with Crippen molar-refractivity contribution in [2.24, 2.45) is 5.92 Å². The molecule has 25 heavy (non-hydrogen) atoms. The molecule has 1 saturated heterocycles. The van der Waals surface area contributed by atoms with Crippen molar-refractivity contribution >= 4 is 24.2 Å². The summed E-state index contributed by atoms with van der Waals surface area (Å²) < 4.78 is 0. The number of benzene rings is 1. The van der Waals surface area contributed by atoms with Gasteiger partial charge in [0.25, 0.3) is 5.91 Å². The van der Waals surface area contributed by atoms with Crippen LogP contribution >= 0.6 is 12.4 Å². The summed E-state index contributed by atoms with van der Waals surface area (Å²) in [5.74, 6) is 0.351. The summed E-state index contributed by atoms with van der Waals surface area (Å²) >= 11 is 0. The number of hydrogen-bond donors (Lipinski definition) is 3. The maximum Gasteiger partial charge on any atom is 0.251 e. The summed E-state index contributed by atoms with van der Waals surface area (Å²) in [5.41, 5.74) is 1.71. The lowest BCUT2D eigenvalue weighted by Crippen LogP contribution is -2.42. The molecule has 2 aliphatic rings. The number of carbonyl (C=O) groups excluding carboxylic acids is 2. The van der Waals surface area contributed by atoms with Crippen LogP contribution in [0.1, 0.15) is 54.4 Å². The molecule has 1 heterocycles. The van der Waals surface area contributed by atoms with Gasteiger partial charge in [0.15, 0.2) is 0 Å². The van der Waals surface area contributed by atoms with Crippen LogP contribution in [0.25, 0.3) is 0 Å². The van der Waals surface area contributed by atoms with Crippen LogP contribution in [0.15, 0.2) is 24.3 Å². The molecule has 2 amide bonds. The highest BCUT2D eigenvalue weighted by Crippen LogP contribution is 2.24. The Kier molecular flexibility index (Phi) is 7.72. The number of amides is 2. The van der Waals surface area contributed by atoms with Crippen LogP contribution in [0.2, 0.25) is 0 Å². The second kappa shape index (κ2) is 9.78. The first-order valence-corrected chi connectivity index (χ1v) is 9.10. The highest BCUT2D eigenvalue weighted by atomic mass is 35.5. The van der Waals surface area contributed by atoms with Crippen molar-refractivity contribution in [3.63, 3.8) is 0 Å². The second-order valence-electron chi connectivity index (χ2n) is 6.89. The van der Waals surface area contributed by atoms with E-state index in [4.69, 9.17) is 0 Å². The molecular weight excluding hydrogens is 338 g/mol. The standard InChI is InChI=1S/C19H27N3O2.ClH/c23-18(15-3-1-2-4-15)21-13-14-5-7-16(8-6-14)19(24)22-17-9-11-20-12-10-17;/h5-8,15,17,20H,1-4,9-13H2,(H,21,23)(H,22,24);1H. The number of carbonyl (C=O) groups is 2. The Labute approximate surface area is 155 Å². The lowest BCUT2D eigenvalue weighted by atomic mass is 10.1. The van der Waals surface area contributed by atoms with E-state index >= 15 is 0 Å².